The van der Waals surface area contributed by atoms with Crippen LogP contribution in [0.4, 0.5) is 94.6 Å². The molecule has 4 aliphatic heterocycles. The number of hydrogen-bond donors (Lipinski definition) is 0. The average Bonchev–Trinajstić information content (AvgIpc) is 3.86. The number of anilines is 12. The summed E-state index contributed by atoms with van der Waals surface area (Å²) in [6, 6.07) is 56.6. The Labute approximate surface area is 423 Å². The summed E-state index contributed by atoms with van der Waals surface area (Å²) in [5, 5.41) is 0. The lowest BCUT2D eigenvalue weighted by atomic mass is 9.91. The van der Waals surface area contributed by atoms with Crippen LogP contribution in [0.1, 0.15) is 55.6 Å². The van der Waals surface area contributed by atoms with Crippen molar-refractivity contribution in [2.45, 2.75) is 25.2 Å². The molecule has 0 N–H and O–H groups in total. The molecule has 0 amide bonds. The van der Waals surface area contributed by atoms with Crippen LogP contribution in [0.25, 0.3) is 36.5 Å². The predicted molar refractivity (Wildman–Crippen MR) is 289 cm³/mol. The first-order chi connectivity index (χ1) is 36.0. The normalized spacial score (nSPS) is 14.2. The van der Waals surface area contributed by atoms with Crippen molar-refractivity contribution in [2.24, 2.45) is 0 Å². The van der Waals surface area contributed by atoms with Gasteiger partial charge in [-0.1, -0.05) is 182 Å². The molecule has 13 rings (SSSR count). The quantitative estimate of drug-likeness (QED) is 0.163. The Balaban J connectivity index is 1.37. The van der Waals surface area contributed by atoms with E-state index in [4.69, 9.17) is 0 Å². The van der Waals surface area contributed by atoms with Crippen LogP contribution in [0, 0.1) is 0 Å². The first-order valence-electron chi connectivity index (χ1n) is 24.4. The highest BCUT2D eigenvalue weighted by atomic mass is 19.4. The van der Waals surface area contributed by atoms with E-state index in [0.29, 0.717) is 80.3 Å². The molecule has 0 saturated heterocycles. The number of benzene rings is 9. The molecule has 0 atom stereocenters. The molecule has 0 radical (unpaired) electrons. The molecule has 0 bridgehead atoms. The molecule has 0 aromatic heterocycles. The van der Waals surface area contributed by atoms with Crippen molar-refractivity contribution in [1.82, 2.24) is 0 Å². The molecule has 74 heavy (non-hydrogen) atoms. The second-order valence-electron chi connectivity index (χ2n) is 18.6. The van der Waals surface area contributed by atoms with Crippen molar-refractivity contribution >= 4 is 105 Å². The number of hydrogen-bond acceptors (Lipinski definition) is 4. The fourth-order valence-electron chi connectivity index (χ4n) is 11.3. The minimum absolute atomic E-state index is 0.136. The highest BCUT2D eigenvalue weighted by Gasteiger charge is 2.53. The van der Waals surface area contributed by atoms with Gasteiger partial charge in [0.2, 0.25) is 0 Å². The van der Waals surface area contributed by atoms with E-state index in [1.807, 2.05) is 109 Å². The summed E-state index contributed by atoms with van der Waals surface area (Å²) in [4.78, 5) is 6.02. The standard InChI is InChI=1S/C64H42F6N4/c65-63(66,67)57-59(71-49-25-9-1-17-41(49)33-34-42-18-2-10-26-50(42)71)58(64(68,69)70)61(73-53-29-13-5-21-45(53)37-38-46-22-6-14-30-54(46)73)62(74-55-31-15-7-23-47(55)39-40-48-24-8-16-32-56(48)74)60(57)72-51-27-11-3-19-43(51)35-36-44-20-4-12-28-52(44)72/h1-38H,39-40H2. The molecule has 0 fully saturated rings. The summed E-state index contributed by atoms with van der Waals surface area (Å²) in [5.41, 5.74) is 1.81. The van der Waals surface area contributed by atoms with Crippen molar-refractivity contribution < 1.29 is 26.3 Å². The van der Waals surface area contributed by atoms with Gasteiger partial charge in [-0.15, -0.1) is 0 Å². The topological polar surface area (TPSA) is 13.0 Å². The van der Waals surface area contributed by atoms with Gasteiger partial charge in [-0.05, 0) is 106 Å². The molecule has 0 unspecified atom stereocenters. The van der Waals surface area contributed by atoms with Crippen molar-refractivity contribution in [3.8, 4) is 0 Å². The van der Waals surface area contributed by atoms with Crippen LogP contribution in [0.5, 0.6) is 0 Å². The minimum atomic E-state index is -5.48. The predicted octanol–water partition coefficient (Wildman–Crippen LogP) is 19.2. The van der Waals surface area contributed by atoms with Gasteiger partial charge in [-0.3, -0.25) is 0 Å². The third kappa shape index (κ3) is 7.23. The zero-order chi connectivity index (χ0) is 50.3. The Morgan fingerprint density at radius 3 is 0.730 bits per heavy atom. The SMILES string of the molecule is FC(F)(F)c1c(N2c3ccccc3C=Cc3ccccc32)c(N2c3ccccc3CCc3ccccc32)c(N2c3ccccc3C=Cc3ccccc32)c(C(F)(F)F)c1N1c2ccccc2C=Cc2ccccc21. The van der Waals surface area contributed by atoms with Crippen LogP contribution < -0.4 is 19.6 Å². The fraction of sp³-hybridized carbons (Fsp3) is 0.0625. The molecule has 9 aromatic rings. The maximum absolute atomic E-state index is 18.1. The van der Waals surface area contributed by atoms with Crippen LogP contribution in [-0.4, -0.2) is 0 Å². The molecule has 0 saturated carbocycles. The monoisotopic (exact) mass is 980 g/mol. The van der Waals surface area contributed by atoms with Gasteiger partial charge in [0.15, 0.2) is 0 Å². The summed E-state index contributed by atoms with van der Waals surface area (Å²) in [6.45, 7) is 0. The number of nitrogens with zero attached hydrogens (tertiary/aromatic N) is 4. The van der Waals surface area contributed by atoms with E-state index in [1.165, 1.54) is 4.90 Å². The second-order valence-corrected chi connectivity index (χ2v) is 18.6. The third-order valence-electron chi connectivity index (χ3n) is 14.4. The molecule has 10 heteroatoms. The zero-order valence-electron chi connectivity index (χ0n) is 39.4. The lowest BCUT2D eigenvalue weighted by molar-refractivity contribution is -0.141. The third-order valence-corrected chi connectivity index (χ3v) is 14.4. The molecular formula is C64H42F6N4. The van der Waals surface area contributed by atoms with E-state index in [0.717, 1.165) is 11.1 Å². The Morgan fingerprint density at radius 2 is 0.459 bits per heavy atom. The average molecular weight is 981 g/mol. The van der Waals surface area contributed by atoms with Gasteiger partial charge < -0.3 is 19.6 Å². The molecule has 0 aliphatic carbocycles. The maximum Gasteiger partial charge on any atom is 0.420 e. The lowest BCUT2D eigenvalue weighted by Crippen LogP contribution is -2.31. The first kappa shape index (κ1) is 44.9. The van der Waals surface area contributed by atoms with Crippen LogP contribution in [0.3, 0.4) is 0 Å². The summed E-state index contributed by atoms with van der Waals surface area (Å²) in [5.74, 6) is 0. The first-order valence-corrected chi connectivity index (χ1v) is 24.4. The van der Waals surface area contributed by atoms with E-state index in [-0.39, 0.29) is 17.1 Å². The second kappa shape index (κ2) is 17.3. The minimum Gasteiger partial charge on any atom is -0.308 e. The van der Waals surface area contributed by atoms with Gasteiger partial charge in [0.25, 0.3) is 0 Å². The molecule has 4 heterocycles. The zero-order valence-corrected chi connectivity index (χ0v) is 39.4. The van der Waals surface area contributed by atoms with Gasteiger partial charge in [0.05, 0.1) is 56.9 Å². The Kier molecular flexibility index (Phi) is 10.5. The van der Waals surface area contributed by atoms with Gasteiger partial charge >= 0.3 is 12.4 Å². The van der Waals surface area contributed by atoms with Crippen LogP contribution in [-0.2, 0) is 25.2 Å². The molecule has 9 aromatic carbocycles. The van der Waals surface area contributed by atoms with Gasteiger partial charge in [0, 0.05) is 11.4 Å². The molecule has 360 valence electrons. The molecule has 4 nitrogen and oxygen atoms in total. The maximum atomic E-state index is 18.1. The van der Waals surface area contributed by atoms with E-state index in [2.05, 4.69) is 0 Å². The lowest BCUT2D eigenvalue weighted by Gasteiger charge is -2.43. The Bertz CT molecular complexity index is 3490. The van der Waals surface area contributed by atoms with E-state index < -0.39 is 40.5 Å². The van der Waals surface area contributed by atoms with Crippen LogP contribution >= 0.6 is 0 Å². The van der Waals surface area contributed by atoms with Crippen molar-refractivity contribution in [3.63, 3.8) is 0 Å². The number of para-hydroxylation sites is 8. The number of rotatable bonds is 4. The van der Waals surface area contributed by atoms with E-state index in [1.54, 1.807) is 136 Å². The largest absolute Gasteiger partial charge is 0.420 e. The van der Waals surface area contributed by atoms with Crippen LogP contribution in [0.15, 0.2) is 194 Å². The Hall–Kier alpha value is -9.02. The summed E-state index contributed by atoms with van der Waals surface area (Å²) in [6.07, 6.45) is 0.874. The smallest absolute Gasteiger partial charge is 0.308 e. The number of fused-ring (bicyclic) bond motifs is 8. The van der Waals surface area contributed by atoms with E-state index in [9.17, 15) is 0 Å². The number of aryl methyl sites for hydroxylation is 2. The van der Waals surface area contributed by atoms with Gasteiger partial charge in [-0.25, -0.2) is 0 Å². The van der Waals surface area contributed by atoms with Crippen LogP contribution in [0.2, 0.25) is 0 Å². The highest BCUT2D eigenvalue weighted by molar-refractivity contribution is 6.12. The number of alkyl halides is 6. The van der Waals surface area contributed by atoms with E-state index >= 15 is 26.3 Å². The van der Waals surface area contributed by atoms with Gasteiger partial charge in [-0.2, -0.15) is 26.3 Å². The summed E-state index contributed by atoms with van der Waals surface area (Å²) in [7, 11) is 0. The van der Waals surface area contributed by atoms with Crippen molar-refractivity contribution in [3.05, 3.63) is 250 Å². The molecular weight excluding hydrogens is 939 g/mol. The highest BCUT2D eigenvalue weighted by Crippen LogP contribution is 2.67. The fourth-order valence-corrected chi connectivity index (χ4v) is 11.3. The molecule has 0 spiro atoms. The Morgan fingerprint density at radius 1 is 0.243 bits per heavy atom. The number of halogens is 6. The molecule has 4 aliphatic rings. The van der Waals surface area contributed by atoms with Crippen molar-refractivity contribution in [2.75, 3.05) is 19.6 Å². The van der Waals surface area contributed by atoms with Gasteiger partial charge in [0.1, 0.15) is 11.1 Å². The van der Waals surface area contributed by atoms with Crippen molar-refractivity contribution in [1.29, 1.82) is 0 Å². The summed E-state index contributed by atoms with van der Waals surface area (Å²) < 4.78 is 109. The summed E-state index contributed by atoms with van der Waals surface area (Å²) >= 11 is 0.